The smallest absolute Gasteiger partial charge is 0.308 e. The first-order valence-corrected chi connectivity index (χ1v) is 5.84. The number of carbonyl (C=O) groups excluding carboxylic acids is 1. The fraction of sp³-hybridized carbons (Fsp3) is 0. The largest absolute Gasteiger partial charge is 0.323 e. The number of rotatable bonds is 2. The molecular formula is C12H9Cl2N3O. The van der Waals surface area contributed by atoms with E-state index in [1.165, 1.54) is 6.20 Å². The Morgan fingerprint density at radius 2 is 1.56 bits per heavy atom. The second-order valence-electron chi connectivity index (χ2n) is 3.46. The topological polar surface area (TPSA) is 54.0 Å². The molecule has 0 spiro atoms. The fourth-order valence-electron chi connectivity index (χ4n) is 1.28. The first-order valence-electron chi connectivity index (χ1n) is 5.08. The predicted molar refractivity (Wildman–Crippen MR) is 73.3 cm³/mol. The minimum atomic E-state index is -0.360. The van der Waals surface area contributed by atoms with Gasteiger partial charge in [-0.2, -0.15) is 0 Å². The zero-order valence-corrected chi connectivity index (χ0v) is 10.7. The Kier molecular flexibility index (Phi) is 4.02. The summed E-state index contributed by atoms with van der Waals surface area (Å²) in [6.45, 7) is 0. The molecule has 2 rings (SSSR count). The van der Waals surface area contributed by atoms with Gasteiger partial charge in [-0.3, -0.25) is 0 Å². The summed E-state index contributed by atoms with van der Waals surface area (Å²) < 4.78 is 0. The van der Waals surface area contributed by atoms with Crippen LogP contribution in [0.4, 0.5) is 16.2 Å². The van der Waals surface area contributed by atoms with Gasteiger partial charge in [-0.25, -0.2) is 9.78 Å². The average molecular weight is 282 g/mol. The molecule has 0 aliphatic carbocycles. The number of benzene rings is 1. The Hall–Kier alpha value is -1.78. The maximum atomic E-state index is 11.6. The maximum Gasteiger partial charge on any atom is 0.323 e. The van der Waals surface area contributed by atoms with Crippen molar-refractivity contribution in [2.24, 2.45) is 0 Å². The van der Waals surface area contributed by atoms with Crippen LogP contribution in [-0.2, 0) is 0 Å². The lowest BCUT2D eigenvalue weighted by atomic mass is 10.3. The third-order valence-corrected chi connectivity index (χ3v) is 2.56. The van der Waals surface area contributed by atoms with Gasteiger partial charge in [0.25, 0.3) is 0 Å². The van der Waals surface area contributed by atoms with Crippen LogP contribution in [0.25, 0.3) is 0 Å². The Balaban J connectivity index is 1.96. The highest BCUT2D eigenvalue weighted by Crippen LogP contribution is 2.14. The molecule has 0 saturated heterocycles. The molecule has 0 saturated carbocycles. The molecule has 0 bridgehead atoms. The monoisotopic (exact) mass is 281 g/mol. The Labute approximate surface area is 114 Å². The summed E-state index contributed by atoms with van der Waals surface area (Å²) in [5.41, 5.74) is 1.21. The third-order valence-electron chi connectivity index (χ3n) is 2.09. The van der Waals surface area contributed by atoms with Gasteiger partial charge in [0.05, 0.1) is 11.9 Å². The number of nitrogens with zero attached hydrogens (tertiary/aromatic N) is 1. The van der Waals surface area contributed by atoms with E-state index in [9.17, 15) is 4.79 Å². The van der Waals surface area contributed by atoms with Crippen molar-refractivity contribution < 1.29 is 4.79 Å². The van der Waals surface area contributed by atoms with Gasteiger partial charge in [0, 0.05) is 10.7 Å². The van der Waals surface area contributed by atoms with Gasteiger partial charge in [0.2, 0.25) is 0 Å². The van der Waals surface area contributed by atoms with Crippen LogP contribution >= 0.6 is 23.2 Å². The lowest BCUT2D eigenvalue weighted by Gasteiger charge is -2.07. The molecule has 6 heteroatoms. The lowest BCUT2D eigenvalue weighted by Crippen LogP contribution is -2.19. The van der Waals surface area contributed by atoms with Gasteiger partial charge in [0.15, 0.2) is 0 Å². The van der Waals surface area contributed by atoms with Crippen molar-refractivity contribution >= 4 is 40.6 Å². The van der Waals surface area contributed by atoms with Crippen molar-refractivity contribution in [3.8, 4) is 0 Å². The molecule has 0 aliphatic heterocycles. The molecule has 2 N–H and O–H groups in total. The number of urea groups is 1. The highest BCUT2D eigenvalue weighted by molar-refractivity contribution is 6.30. The van der Waals surface area contributed by atoms with E-state index in [1.54, 1.807) is 36.4 Å². The second kappa shape index (κ2) is 5.71. The van der Waals surface area contributed by atoms with Gasteiger partial charge < -0.3 is 10.6 Å². The van der Waals surface area contributed by atoms with E-state index in [-0.39, 0.29) is 6.03 Å². The Morgan fingerprint density at radius 1 is 0.944 bits per heavy atom. The third kappa shape index (κ3) is 3.61. The SMILES string of the molecule is O=C(Nc1ccc(Cl)cc1)Nc1ccc(Cl)nc1. The minimum Gasteiger partial charge on any atom is -0.308 e. The number of pyridine rings is 1. The number of aromatic nitrogens is 1. The van der Waals surface area contributed by atoms with Crippen molar-refractivity contribution in [3.63, 3.8) is 0 Å². The number of nitrogens with one attached hydrogen (secondary N) is 2. The predicted octanol–water partition coefficient (Wildman–Crippen LogP) is 4.03. The number of hydrogen-bond acceptors (Lipinski definition) is 2. The average Bonchev–Trinajstić information content (AvgIpc) is 2.35. The normalized spacial score (nSPS) is 9.89. The van der Waals surface area contributed by atoms with E-state index in [1.807, 2.05) is 0 Å². The van der Waals surface area contributed by atoms with Gasteiger partial charge in [-0.05, 0) is 36.4 Å². The number of carbonyl (C=O) groups is 1. The van der Waals surface area contributed by atoms with Crippen LogP contribution in [0.5, 0.6) is 0 Å². The Bertz CT molecular complexity index is 491. The van der Waals surface area contributed by atoms with Gasteiger partial charge in [0.1, 0.15) is 5.15 Å². The van der Waals surface area contributed by atoms with E-state index < -0.39 is 0 Å². The van der Waals surface area contributed by atoms with Crippen molar-refractivity contribution in [1.82, 2.24) is 4.98 Å². The summed E-state index contributed by atoms with van der Waals surface area (Å²) in [5.74, 6) is 0. The summed E-state index contributed by atoms with van der Waals surface area (Å²) >= 11 is 11.4. The van der Waals surface area contributed by atoms with Crippen molar-refractivity contribution in [2.45, 2.75) is 0 Å². The number of hydrogen-bond donors (Lipinski definition) is 2. The zero-order chi connectivity index (χ0) is 13.0. The van der Waals surface area contributed by atoms with E-state index in [0.717, 1.165) is 0 Å². The van der Waals surface area contributed by atoms with Crippen molar-refractivity contribution in [2.75, 3.05) is 10.6 Å². The van der Waals surface area contributed by atoms with Crippen molar-refractivity contribution in [3.05, 3.63) is 52.8 Å². The first kappa shape index (κ1) is 12.7. The molecule has 2 amide bonds. The molecule has 18 heavy (non-hydrogen) atoms. The van der Waals surface area contributed by atoms with Crippen LogP contribution in [0, 0.1) is 0 Å². The number of halogens is 2. The molecule has 0 fully saturated rings. The van der Waals surface area contributed by atoms with Gasteiger partial charge in [-0.1, -0.05) is 23.2 Å². The molecule has 1 heterocycles. The molecule has 4 nitrogen and oxygen atoms in total. The van der Waals surface area contributed by atoms with Crippen molar-refractivity contribution in [1.29, 1.82) is 0 Å². The van der Waals surface area contributed by atoms with Crippen LogP contribution in [0.1, 0.15) is 0 Å². The summed E-state index contributed by atoms with van der Waals surface area (Å²) in [5, 5.41) is 6.28. The number of amides is 2. The zero-order valence-electron chi connectivity index (χ0n) is 9.15. The molecule has 1 aromatic heterocycles. The molecule has 0 aliphatic rings. The fourth-order valence-corrected chi connectivity index (χ4v) is 1.51. The number of anilines is 2. The first-order chi connectivity index (χ1) is 8.63. The minimum absolute atomic E-state index is 0.360. The highest BCUT2D eigenvalue weighted by atomic mass is 35.5. The van der Waals surface area contributed by atoms with E-state index in [4.69, 9.17) is 23.2 Å². The summed E-state index contributed by atoms with van der Waals surface area (Å²) in [6, 6.07) is 9.71. The molecule has 0 atom stereocenters. The molecular weight excluding hydrogens is 273 g/mol. The van der Waals surface area contributed by atoms with E-state index in [2.05, 4.69) is 15.6 Å². The lowest BCUT2D eigenvalue weighted by molar-refractivity contribution is 0.262. The molecule has 0 unspecified atom stereocenters. The second-order valence-corrected chi connectivity index (χ2v) is 4.28. The van der Waals surface area contributed by atoms with Gasteiger partial charge in [-0.15, -0.1) is 0 Å². The quantitative estimate of drug-likeness (QED) is 0.817. The van der Waals surface area contributed by atoms with E-state index in [0.29, 0.717) is 21.6 Å². The summed E-state index contributed by atoms with van der Waals surface area (Å²) in [6.07, 6.45) is 1.48. The molecule has 2 aromatic rings. The molecule has 0 radical (unpaired) electrons. The van der Waals surface area contributed by atoms with Crippen LogP contribution in [0.15, 0.2) is 42.6 Å². The van der Waals surface area contributed by atoms with Crippen LogP contribution < -0.4 is 10.6 Å². The summed E-state index contributed by atoms with van der Waals surface area (Å²) in [4.78, 5) is 15.5. The van der Waals surface area contributed by atoms with Crippen LogP contribution in [-0.4, -0.2) is 11.0 Å². The van der Waals surface area contributed by atoms with Crippen LogP contribution in [0.3, 0.4) is 0 Å². The standard InChI is InChI=1S/C12H9Cl2N3O/c13-8-1-3-9(4-2-8)16-12(18)17-10-5-6-11(14)15-7-10/h1-7H,(H2,16,17,18). The molecule has 92 valence electrons. The van der Waals surface area contributed by atoms with E-state index >= 15 is 0 Å². The Morgan fingerprint density at radius 3 is 2.17 bits per heavy atom. The summed E-state index contributed by atoms with van der Waals surface area (Å²) in [7, 11) is 0. The highest BCUT2D eigenvalue weighted by Gasteiger charge is 2.02. The maximum absolute atomic E-state index is 11.6. The van der Waals surface area contributed by atoms with Gasteiger partial charge >= 0.3 is 6.03 Å². The molecule has 1 aromatic carbocycles. The van der Waals surface area contributed by atoms with Crippen LogP contribution in [0.2, 0.25) is 10.2 Å².